The summed E-state index contributed by atoms with van der Waals surface area (Å²) in [6.45, 7) is 6.18. The third-order valence-electron chi connectivity index (χ3n) is 4.80. The number of carbonyl (C=O) groups is 1. The van der Waals surface area contributed by atoms with Gasteiger partial charge in [0.2, 0.25) is 5.91 Å². The molecule has 1 atom stereocenters. The molecular weight excluding hydrogens is 312 g/mol. The lowest BCUT2D eigenvalue weighted by Gasteiger charge is -2.34. The molecule has 1 aromatic heterocycles. The maximum atomic E-state index is 12.3. The van der Waals surface area contributed by atoms with Gasteiger partial charge in [0.15, 0.2) is 0 Å². The second-order valence-electron chi connectivity index (χ2n) is 6.31. The summed E-state index contributed by atoms with van der Waals surface area (Å²) in [6.07, 6.45) is 4.00. The van der Waals surface area contributed by atoms with Crippen LogP contribution in [0.25, 0.3) is 0 Å². The van der Waals surface area contributed by atoms with Crippen molar-refractivity contribution in [2.24, 2.45) is 5.92 Å². The van der Waals surface area contributed by atoms with Gasteiger partial charge in [-0.25, -0.2) is 4.98 Å². The van der Waals surface area contributed by atoms with E-state index in [4.69, 9.17) is 4.74 Å². The molecule has 1 amide bonds. The highest BCUT2D eigenvalue weighted by molar-refractivity contribution is 7.09. The average molecular weight is 338 g/mol. The minimum Gasteiger partial charge on any atom is -0.381 e. The van der Waals surface area contributed by atoms with E-state index >= 15 is 0 Å². The summed E-state index contributed by atoms with van der Waals surface area (Å²) in [4.78, 5) is 21.6. The van der Waals surface area contributed by atoms with Gasteiger partial charge >= 0.3 is 0 Å². The number of nitrogens with zero attached hydrogens (tertiary/aromatic N) is 3. The van der Waals surface area contributed by atoms with E-state index in [0.29, 0.717) is 6.04 Å². The number of ether oxygens (including phenoxy) is 1. The van der Waals surface area contributed by atoms with Crippen LogP contribution in [0.15, 0.2) is 11.6 Å². The number of amides is 1. The average Bonchev–Trinajstić information content (AvgIpc) is 3.00. The number of rotatable bonds is 4. The van der Waals surface area contributed by atoms with Gasteiger partial charge in [0, 0.05) is 64.1 Å². The van der Waals surface area contributed by atoms with Crippen LogP contribution in [0, 0.1) is 5.92 Å². The smallest absolute Gasteiger partial charge is 0.225 e. The van der Waals surface area contributed by atoms with Crippen molar-refractivity contribution in [1.29, 1.82) is 0 Å². The van der Waals surface area contributed by atoms with Crippen molar-refractivity contribution in [2.75, 3.05) is 46.4 Å². The molecule has 0 bridgehead atoms. The van der Waals surface area contributed by atoms with Gasteiger partial charge in [-0.1, -0.05) is 0 Å². The molecule has 23 heavy (non-hydrogen) atoms. The summed E-state index contributed by atoms with van der Waals surface area (Å²) in [5.74, 6) is 0.165. The topological polar surface area (TPSA) is 57.7 Å². The molecule has 6 nitrogen and oxygen atoms in total. The molecule has 0 spiro atoms. The van der Waals surface area contributed by atoms with Gasteiger partial charge in [0.1, 0.15) is 5.01 Å². The molecule has 2 aliphatic rings. The Morgan fingerprint density at radius 1 is 1.39 bits per heavy atom. The van der Waals surface area contributed by atoms with Crippen LogP contribution in [0.2, 0.25) is 0 Å². The fourth-order valence-electron chi connectivity index (χ4n) is 3.52. The minimum absolute atomic E-state index is 0.0188. The van der Waals surface area contributed by atoms with Crippen LogP contribution in [-0.2, 0) is 16.1 Å². The number of nitrogens with one attached hydrogen (secondary N) is 1. The highest BCUT2D eigenvalue weighted by Crippen LogP contribution is 2.20. The van der Waals surface area contributed by atoms with Gasteiger partial charge in [-0.3, -0.25) is 14.6 Å². The van der Waals surface area contributed by atoms with E-state index in [2.05, 4.69) is 20.1 Å². The first kappa shape index (κ1) is 16.8. The van der Waals surface area contributed by atoms with Crippen molar-refractivity contribution in [2.45, 2.75) is 25.4 Å². The van der Waals surface area contributed by atoms with Crippen molar-refractivity contribution in [3.05, 3.63) is 16.6 Å². The van der Waals surface area contributed by atoms with Crippen LogP contribution in [0.5, 0.6) is 0 Å². The Balaban J connectivity index is 1.67. The molecule has 7 heteroatoms. The molecular formula is C16H26N4O2S. The lowest BCUT2D eigenvalue weighted by atomic mass is 10.0. The van der Waals surface area contributed by atoms with E-state index in [1.54, 1.807) is 18.4 Å². The van der Waals surface area contributed by atoms with Crippen molar-refractivity contribution < 1.29 is 9.53 Å². The Kier molecular flexibility index (Phi) is 5.99. The molecule has 2 fully saturated rings. The van der Waals surface area contributed by atoms with Crippen molar-refractivity contribution in [3.63, 3.8) is 0 Å². The first-order valence-corrected chi connectivity index (χ1v) is 9.28. The normalized spacial score (nSPS) is 25.2. The van der Waals surface area contributed by atoms with Gasteiger partial charge in [-0.2, -0.15) is 0 Å². The SMILES string of the molecule is CNC(=O)C1CN(Cc2nccs2)CCN(C2CCOCC2)C1. The van der Waals surface area contributed by atoms with E-state index in [0.717, 1.165) is 63.8 Å². The van der Waals surface area contributed by atoms with Gasteiger partial charge in [-0.05, 0) is 12.8 Å². The molecule has 3 rings (SSSR count). The number of carbonyl (C=O) groups excluding carboxylic acids is 1. The molecule has 0 aromatic carbocycles. The summed E-state index contributed by atoms with van der Waals surface area (Å²) in [7, 11) is 1.73. The Labute approximate surface area is 141 Å². The maximum absolute atomic E-state index is 12.3. The highest BCUT2D eigenvalue weighted by Gasteiger charge is 2.31. The first-order chi connectivity index (χ1) is 11.3. The monoisotopic (exact) mass is 338 g/mol. The number of aromatic nitrogens is 1. The van der Waals surface area contributed by atoms with Gasteiger partial charge in [-0.15, -0.1) is 11.3 Å². The third-order valence-corrected chi connectivity index (χ3v) is 5.57. The van der Waals surface area contributed by atoms with Crippen molar-refractivity contribution in [1.82, 2.24) is 20.1 Å². The zero-order valence-corrected chi connectivity index (χ0v) is 14.6. The van der Waals surface area contributed by atoms with Crippen LogP contribution in [-0.4, -0.2) is 73.2 Å². The van der Waals surface area contributed by atoms with E-state index in [1.165, 1.54) is 0 Å². The number of thiazole rings is 1. The Morgan fingerprint density at radius 2 is 2.22 bits per heavy atom. The van der Waals surface area contributed by atoms with Crippen LogP contribution >= 0.6 is 11.3 Å². The van der Waals surface area contributed by atoms with E-state index in [-0.39, 0.29) is 11.8 Å². The first-order valence-electron chi connectivity index (χ1n) is 8.40. The maximum Gasteiger partial charge on any atom is 0.225 e. The summed E-state index contributed by atoms with van der Waals surface area (Å²) in [5, 5.41) is 5.97. The summed E-state index contributed by atoms with van der Waals surface area (Å²) >= 11 is 1.68. The third kappa shape index (κ3) is 4.50. The van der Waals surface area contributed by atoms with E-state index in [9.17, 15) is 4.79 Å². The molecule has 0 radical (unpaired) electrons. The molecule has 128 valence electrons. The van der Waals surface area contributed by atoms with Gasteiger partial charge < -0.3 is 10.1 Å². The fraction of sp³-hybridized carbons (Fsp3) is 0.750. The van der Waals surface area contributed by atoms with Crippen molar-refractivity contribution in [3.8, 4) is 0 Å². The molecule has 3 heterocycles. The quantitative estimate of drug-likeness (QED) is 0.880. The molecule has 1 aromatic rings. The van der Waals surface area contributed by atoms with Crippen LogP contribution in [0.1, 0.15) is 17.8 Å². The lowest BCUT2D eigenvalue weighted by Crippen LogP contribution is -2.45. The van der Waals surface area contributed by atoms with Gasteiger partial charge in [0.25, 0.3) is 0 Å². The van der Waals surface area contributed by atoms with E-state index in [1.807, 2.05) is 11.6 Å². The second-order valence-corrected chi connectivity index (χ2v) is 7.29. The molecule has 0 saturated carbocycles. The molecule has 0 aliphatic carbocycles. The summed E-state index contributed by atoms with van der Waals surface area (Å²) in [6, 6.07) is 0.552. The lowest BCUT2D eigenvalue weighted by molar-refractivity contribution is -0.125. The number of hydrogen-bond donors (Lipinski definition) is 1. The second kappa shape index (κ2) is 8.19. The zero-order chi connectivity index (χ0) is 16.1. The largest absolute Gasteiger partial charge is 0.381 e. The Bertz CT molecular complexity index is 490. The molecule has 2 aliphatic heterocycles. The minimum atomic E-state index is 0.0188. The Hall–Kier alpha value is -1.02. The van der Waals surface area contributed by atoms with Gasteiger partial charge in [0.05, 0.1) is 12.5 Å². The van der Waals surface area contributed by atoms with Crippen LogP contribution in [0.4, 0.5) is 0 Å². The fourth-order valence-corrected chi connectivity index (χ4v) is 4.18. The number of hydrogen-bond acceptors (Lipinski definition) is 6. The molecule has 2 saturated heterocycles. The van der Waals surface area contributed by atoms with Crippen LogP contribution < -0.4 is 5.32 Å². The van der Waals surface area contributed by atoms with Crippen LogP contribution in [0.3, 0.4) is 0 Å². The predicted octanol–water partition coefficient (Wildman–Crippen LogP) is 0.802. The molecule has 1 unspecified atom stereocenters. The Morgan fingerprint density at radius 3 is 2.91 bits per heavy atom. The standard InChI is InChI=1S/C16H26N4O2S/c1-17-16(21)13-10-19(12-15-18-4-9-23-15)5-6-20(11-13)14-2-7-22-8-3-14/h4,9,13-14H,2-3,5-8,10-12H2,1H3,(H,17,21). The predicted molar refractivity (Wildman–Crippen MR) is 90.4 cm³/mol. The summed E-state index contributed by atoms with van der Waals surface area (Å²) in [5.41, 5.74) is 0. The molecule has 1 N–H and O–H groups in total. The van der Waals surface area contributed by atoms with E-state index < -0.39 is 0 Å². The van der Waals surface area contributed by atoms with Crippen molar-refractivity contribution >= 4 is 17.2 Å². The summed E-state index contributed by atoms with van der Waals surface area (Å²) < 4.78 is 5.49. The zero-order valence-electron chi connectivity index (χ0n) is 13.7. The highest BCUT2D eigenvalue weighted by atomic mass is 32.1.